The highest BCUT2D eigenvalue weighted by atomic mass is 16.2. The summed E-state index contributed by atoms with van der Waals surface area (Å²) in [6, 6.07) is 14.4. The number of urea groups is 1. The summed E-state index contributed by atoms with van der Waals surface area (Å²) in [5.74, 6) is 0.513. The number of piperidine rings is 1. The monoisotopic (exact) mass is 332 g/mol. The van der Waals surface area contributed by atoms with E-state index in [2.05, 4.69) is 47.4 Å². The summed E-state index contributed by atoms with van der Waals surface area (Å²) in [6.45, 7) is 1.65. The molecule has 126 valence electrons. The maximum absolute atomic E-state index is 12.4. The van der Waals surface area contributed by atoms with Crippen LogP contribution in [0.1, 0.15) is 19.3 Å². The first-order chi connectivity index (χ1) is 12.2. The molecular weight excluding hydrogens is 311 g/mol. The van der Waals surface area contributed by atoms with Crippen molar-refractivity contribution in [3.63, 3.8) is 0 Å². The van der Waals surface area contributed by atoms with Gasteiger partial charge in [0, 0.05) is 13.1 Å². The van der Waals surface area contributed by atoms with Gasteiger partial charge in [-0.05, 0) is 36.5 Å². The number of carbonyl (C=O) groups is 1. The zero-order valence-electron chi connectivity index (χ0n) is 14.4. The minimum atomic E-state index is -0.0697. The maximum atomic E-state index is 12.4. The van der Waals surface area contributed by atoms with Gasteiger partial charge in [-0.1, -0.05) is 41.9 Å². The number of amides is 2. The second-order valence-electron chi connectivity index (χ2n) is 6.62. The van der Waals surface area contributed by atoms with E-state index in [0.717, 1.165) is 53.6 Å². The first-order valence-electron chi connectivity index (χ1n) is 8.82. The number of nitrogens with one attached hydrogen (secondary N) is 2. The lowest BCUT2D eigenvalue weighted by atomic mass is 9.90. The van der Waals surface area contributed by atoms with Crippen molar-refractivity contribution in [2.45, 2.75) is 19.3 Å². The van der Waals surface area contributed by atoms with Crippen molar-refractivity contribution in [1.29, 1.82) is 0 Å². The maximum Gasteiger partial charge on any atom is 0.324 e. The molecule has 1 fully saturated rings. The third-order valence-electron chi connectivity index (χ3n) is 4.77. The van der Waals surface area contributed by atoms with Crippen LogP contribution in [-0.2, 0) is 0 Å². The van der Waals surface area contributed by atoms with Gasteiger partial charge in [-0.15, -0.1) is 0 Å². The van der Waals surface area contributed by atoms with Crippen molar-refractivity contribution < 1.29 is 4.79 Å². The fourth-order valence-corrected chi connectivity index (χ4v) is 3.42. The van der Waals surface area contributed by atoms with Gasteiger partial charge in [0.15, 0.2) is 0 Å². The van der Waals surface area contributed by atoms with Crippen LogP contribution < -0.4 is 10.8 Å². The molecule has 0 aliphatic carbocycles. The fourth-order valence-electron chi connectivity index (χ4n) is 3.42. The van der Waals surface area contributed by atoms with Crippen molar-refractivity contribution in [2.75, 3.05) is 18.4 Å². The molecule has 2 amide bonds. The van der Waals surface area contributed by atoms with E-state index in [0.29, 0.717) is 5.95 Å². The molecule has 5 nitrogen and oxygen atoms in total. The summed E-state index contributed by atoms with van der Waals surface area (Å²) < 4.78 is 0. The summed E-state index contributed by atoms with van der Waals surface area (Å²) in [7, 11) is 2.06. The van der Waals surface area contributed by atoms with Crippen LogP contribution in [0.15, 0.2) is 42.5 Å². The molecule has 4 rings (SSSR count). The van der Waals surface area contributed by atoms with Crippen LogP contribution in [0.5, 0.6) is 0 Å². The lowest BCUT2D eigenvalue weighted by Gasteiger charge is -2.26. The molecule has 1 saturated heterocycles. The Balaban J connectivity index is 1.61. The molecule has 2 heterocycles. The van der Waals surface area contributed by atoms with E-state index in [1.807, 2.05) is 23.1 Å². The molecular formula is C19H21BN4O. The second kappa shape index (κ2) is 6.63. The highest BCUT2D eigenvalue weighted by Crippen LogP contribution is 2.23. The van der Waals surface area contributed by atoms with E-state index in [9.17, 15) is 4.79 Å². The zero-order valence-corrected chi connectivity index (χ0v) is 14.4. The van der Waals surface area contributed by atoms with E-state index in [4.69, 9.17) is 0 Å². The van der Waals surface area contributed by atoms with Gasteiger partial charge in [-0.2, -0.15) is 0 Å². The largest absolute Gasteiger partial charge is 0.324 e. The van der Waals surface area contributed by atoms with Crippen LogP contribution in [0.2, 0.25) is 0 Å². The third kappa shape index (κ3) is 3.24. The molecule has 1 aliphatic rings. The fraction of sp³-hybridized carbons (Fsp3) is 0.263. The Kier molecular flexibility index (Phi) is 4.18. The van der Waals surface area contributed by atoms with Crippen LogP contribution in [0.4, 0.5) is 10.7 Å². The van der Waals surface area contributed by atoms with Gasteiger partial charge >= 0.3 is 6.03 Å². The molecule has 0 unspecified atom stereocenters. The molecule has 3 aromatic rings. The summed E-state index contributed by atoms with van der Waals surface area (Å²) in [5.41, 5.74) is 5.24. The van der Waals surface area contributed by atoms with Gasteiger partial charge < -0.3 is 9.88 Å². The molecule has 25 heavy (non-hydrogen) atoms. The molecule has 0 atom stereocenters. The van der Waals surface area contributed by atoms with Crippen molar-refractivity contribution in [2.24, 2.45) is 0 Å². The van der Waals surface area contributed by atoms with Crippen molar-refractivity contribution >= 4 is 36.3 Å². The molecule has 0 bridgehead atoms. The number of aromatic amines is 1. The Hall–Kier alpha value is -2.76. The molecule has 1 aromatic heterocycles. The van der Waals surface area contributed by atoms with E-state index >= 15 is 0 Å². The minimum Gasteiger partial charge on any atom is -0.324 e. The van der Waals surface area contributed by atoms with E-state index < -0.39 is 0 Å². The normalized spacial score (nSPS) is 14.6. The molecule has 0 radical (unpaired) electrons. The van der Waals surface area contributed by atoms with Gasteiger partial charge in [0.25, 0.3) is 0 Å². The Labute approximate surface area is 147 Å². The number of imidazole rings is 1. The smallest absolute Gasteiger partial charge is 0.324 e. The number of likely N-dealkylation sites (tertiary alicyclic amines) is 1. The number of benzene rings is 2. The number of hydrogen-bond donors (Lipinski definition) is 2. The number of aromatic nitrogens is 2. The van der Waals surface area contributed by atoms with Gasteiger partial charge in [-0.25, -0.2) is 9.78 Å². The molecule has 6 heteroatoms. The molecule has 2 N–H and O–H groups in total. The summed E-state index contributed by atoms with van der Waals surface area (Å²) >= 11 is 0. The molecule has 0 saturated carbocycles. The summed E-state index contributed by atoms with van der Waals surface area (Å²) in [5, 5.41) is 2.91. The van der Waals surface area contributed by atoms with Crippen LogP contribution in [-0.4, -0.2) is 41.8 Å². The van der Waals surface area contributed by atoms with E-state index in [1.165, 1.54) is 6.42 Å². The number of fused-ring (bicyclic) bond motifs is 1. The predicted octanol–water partition coefficient (Wildman–Crippen LogP) is 2.51. The van der Waals surface area contributed by atoms with Gasteiger partial charge in [0.2, 0.25) is 5.95 Å². The highest BCUT2D eigenvalue weighted by molar-refractivity contribution is 6.38. The van der Waals surface area contributed by atoms with Gasteiger partial charge in [0.1, 0.15) is 7.85 Å². The Morgan fingerprint density at radius 2 is 1.84 bits per heavy atom. The number of hydrogen-bond acceptors (Lipinski definition) is 2. The van der Waals surface area contributed by atoms with Gasteiger partial charge in [0.05, 0.1) is 11.0 Å². The van der Waals surface area contributed by atoms with Gasteiger partial charge in [-0.3, -0.25) is 5.32 Å². The first-order valence-corrected chi connectivity index (χ1v) is 8.82. The number of H-pyrrole nitrogens is 1. The average Bonchev–Trinajstić information content (AvgIpc) is 3.06. The zero-order chi connectivity index (χ0) is 17.2. The van der Waals surface area contributed by atoms with Crippen LogP contribution in [0.25, 0.3) is 22.2 Å². The van der Waals surface area contributed by atoms with E-state index in [1.54, 1.807) is 0 Å². The Bertz CT molecular complexity index is 900. The first kappa shape index (κ1) is 15.8. The van der Waals surface area contributed by atoms with E-state index in [-0.39, 0.29) is 6.03 Å². The number of nitrogens with zero attached hydrogens (tertiary/aromatic N) is 2. The van der Waals surface area contributed by atoms with Crippen LogP contribution in [0, 0.1) is 0 Å². The number of rotatable bonds is 2. The van der Waals surface area contributed by atoms with Crippen molar-refractivity contribution in [3.05, 3.63) is 42.5 Å². The number of carbonyl (C=O) groups excluding carboxylic acids is 1. The molecule has 0 spiro atoms. The second-order valence-corrected chi connectivity index (χ2v) is 6.62. The quantitative estimate of drug-likeness (QED) is 0.709. The molecule has 1 aliphatic heterocycles. The topological polar surface area (TPSA) is 61.0 Å². The summed E-state index contributed by atoms with van der Waals surface area (Å²) in [6.07, 6.45) is 3.36. The predicted molar refractivity (Wildman–Crippen MR) is 104 cm³/mol. The molecule has 2 aromatic carbocycles. The Morgan fingerprint density at radius 3 is 2.60 bits per heavy atom. The summed E-state index contributed by atoms with van der Waals surface area (Å²) in [4.78, 5) is 22.1. The third-order valence-corrected chi connectivity index (χ3v) is 4.77. The van der Waals surface area contributed by atoms with Crippen LogP contribution in [0.3, 0.4) is 0 Å². The standard InChI is InChI=1S/C19H21BN4O/c20-15-11-14(13-7-3-1-4-8-13)12-16-17(15)22-18(21-16)23-19(25)24-9-5-2-6-10-24/h1,3-4,7-8,11-12H,2,5-6,9-10,20H2,(H2,21,22,23,25). The Morgan fingerprint density at radius 1 is 1.08 bits per heavy atom. The minimum absolute atomic E-state index is 0.0697. The van der Waals surface area contributed by atoms with Crippen LogP contribution >= 0.6 is 0 Å². The number of anilines is 1. The van der Waals surface area contributed by atoms with Crippen molar-refractivity contribution in [3.8, 4) is 11.1 Å². The SMILES string of the molecule is Bc1cc(-c2ccccc2)cc2nc(NC(=O)N3CCCCC3)[nH]c12. The van der Waals surface area contributed by atoms with Crippen molar-refractivity contribution in [1.82, 2.24) is 14.9 Å². The lowest BCUT2D eigenvalue weighted by molar-refractivity contribution is 0.200. The highest BCUT2D eigenvalue weighted by Gasteiger charge is 2.18. The lowest BCUT2D eigenvalue weighted by Crippen LogP contribution is -2.38. The average molecular weight is 332 g/mol.